The molecule has 0 radical (unpaired) electrons. The second-order valence-corrected chi connectivity index (χ2v) is 8.97. The van der Waals surface area contributed by atoms with Crippen LogP contribution >= 0.6 is 0 Å². The number of hydrogen-bond donors (Lipinski definition) is 1. The molecule has 1 aliphatic rings. The predicted octanol–water partition coefficient (Wildman–Crippen LogP) is 2.67. The summed E-state index contributed by atoms with van der Waals surface area (Å²) in [7, 11) is -0.918. The maximum absolute atomic E-state index is 12.7. The number of halogens is 3. The number of methoxy groups -OCH3 is 2. The molecule has 0 fully saturated rings. The highest BCUT2D eigenvalue weighted by atomic mass is 32.2. The fraction of sp³-hybridized carbons (Fsp3) is 0.381. The van der Waals surface area contributed by atoms with Crippen LogP contribution in [0.3, 0.4) is 0 Å². The minimum absolute atomic E-state index is 0.0711. The van der Waals surface area contributed by atoms with Gasteiger partial charge in [0.2, 0.25) is 10.0 Å². The molecular formula is C21H23F3N2O5S. The number of benzene rings is 2. The molecule has 1 amide bonds. The summed E-state index contributed by atoms with van der Waals surface area (Å²) in [4.78, 5) is 12.1. The fourth-order valence-corrected chi connectivity index (χ4v) is 4.69. The molecule has 7 nitrogen and oxygen atoms in total. The molecule has 0 bridgehead atoms. The Morgan fingerprint density at radius 2 is 1.88 bits per heavy atom. The number of para-hydroxylation sites is 1. The van der Waals surface area contributed by atoms with Crippen molar-refractivity contribution in [2.45, 2.75) is 30.5 Å². The van der Waals surface area contributed by atoms with E-state index >= 15 is 0 Å². The Hall–Kier alpha value is -2.79. The van der Waals surface area contributed by atoms with Gasteiger partial charge in [-0.15, -0.1) is 0 Å². The van der Waals surface area contributed by atoms with Crippen molar-refractivity contribution in [1.29, 1.82) is 0 Å². The highest BCUT2D eigenvalue weighted by Crippen LogP contribution is 2.31. The number of amides is 1. The summed E-state index contributed by atoms with van der Waals surface area (Å²) in [6.45, 7) is -0.294. The molecular weight excluding hydrogens is 449 g/mol. The van der Waals surface area contributed by atoms with Crippen LogP contribution in [0.5, 0.6) is 11.5 Å². The molecule has 0 atom stereocenters. The number of sulfonamides is 1. The van der Waals surface area contributed by atoms with Gasteiger partial charge in [0, 0.05) is 19.6 Å². The number of fused-ring (bicyclic) bond motifs is 1. The van der Waals surface area contributed by atoms with Gasteiger partial charge >= 0.3 is 12.1 Å². The molecule has 32 heavy (non-hydrogen) atoms. The molecule has 0 aliphatic carbocycles. The smallest absolute Gasteiger partial charge is 0.471 e. The Balaban J connectivity index is 1.72. The summed E-state index contributed by atoms with van der Waals surface area (Å²) in [5.41, 5.74) is 1.85. The zero-order valence-electron chi connectivity index (χ0n) is 17.5. The highest BCUT2D eigenvalue weighted by molar-refractivity contribution is 7.89. The standard InChI is InChI=1S/C21H23F3N2O5S/c1-30-18-5-3-4-15(19(18)31-2)8-10-25-32(28,29)17-7-6-14-9-11-26(13-16(14)12-17)20(27)21(22,23)24/h3-7,12,25H,8-11,13H2,1-2H3. The van der Waals surface area contributed by atoms with E-state index in [1.165, 1.54) is 26.4 Å². The molecule has 1 N–H and O–H groups in total. The van der Waals surface area contributed by atoms with Crippen LogP contribution in [0.1, 0.15) is 16.7 Å². The Labute approximate surface area is 184 Å². The van der Waals surface area contributed by atoms with E-state index in [0.29, 0.717) is 28.4 Å². The number of nitrogens with zero attached hydrogens (tertiary/aromatic N) is 1. The molecule has 0 spiro atoms. The molecule has 2 aromatic carbocycles. The van der Waals surface area contributed by atoms with Gasteiger partial charge < -0.3 is 14.4 Å². The topological polar surface area (TPSA) is 84.9 Å². The lowest BCUT2D eigenvalue weighted by Crippen LogP contribution is -2.43. The second-order valence-electron chi connectivity index (χ2n) is 7.21. The van der Waals surface area contributed by atoms with Crippen molar-refractivity contribution in [3.63, 3.8) is 0 Å². The number of ether oxygens (including phenoxy) is 2. The maximum Gasteiger partial charge on any atom is 0.471 e. The Morgan fingerprint density at radius 1 is 1.12 bits per heavy atom. The lowest BCUT2D eigenvalue weighted by atomic mass is 10.00. The van der Waals surface area contributed by atoms with Crippen molar-refractivity contribution in [3.05, 3.63) is 53.1 Å². The quantitative estimate of drug-likeness (QED) is 0.670. The zero-order chi connectivity index (χ0) is 23.5. The third-order valence-electron chi connectivity index (χ3n) is 5.20. The van der Waals surface area contributed by atoms with Crippen LogP contribution in [0.4, 0.5) is 13.2 Å². The van der Waals surface area contributed by atoms with Crippen molar-refractivity contribution < 1.29 is 35.9 Å². The van der Waals surface area contributed by atoms with Crippen molar-refractivity contribution in [2.75, 3.05) is 27.3 Å². The molecule has 0 saturated carbocycles. The average molecular weight is 472 g/mol. The summed E-state index contributed by atoms with van der Waals surface area (Å²) in [6.07, 6.45) is -4.41. The first-order valence-corrected chi connectivity index (χ1v) is 11.2. The molecule has 0 unspecified atom stereocenters. The Kier molecular flexibility index (Phi) is 6.99. The molecule has 174 valence electrons. The molecule has 3 rings (SSSR count). The maximum atomic E-state index is 12.7. The number of carbonyl (C=O) groups excluding carboxylic acids is 1. The lowest BCUT2D eigenvalue weighted by molar-refractivity contribution is -0.186. The molecule has 2 aromatic rings. The first-order chi connectivity index (χ1) is 15.1. The van der Waals surface area contributed by atoms with Gasteiger partial charge in [0.25, 0.3) is 0 Å². The normalized spacial score (nSPS) is 14.1. The molecule has 11 heteroatoms. The third kappa shape index (κ3) is 5.16. The van der Waals surface area contributed by atoms with Crippen LogP contribution in [0.2, 0.25) is 0 Å². The number of alkyl halides is 3. The monoisotopic (exact) mass is 472 g/mol. The van der Waals surface area contributed by atoms with Crippen molar-refractivity contribution in [1.82, 2.24) is 9.62 Å². The number of hydrogen-bond acceptors (Lipinski definition) is 5. The van der Waals surface area contributed by atoms with Crippen LogP contribution < -0.4 is 14.2 Å². The van der Waals surface area contributed by atoms with Gasteiger partial charge in [0.1, 0.15) is 0 Å². The molecule has 1 heterocycles. The van der Waals surface area contributed by atoms with Crippen LogP contribution in [0, 0.1) is 0 Å². The SMILES string of the molecule is COc1cccc(CCNS(=O)(=O)c2ccc3c(c2)CN(C(=O)C(F)(F)F)CC3)c1OC. The largest absolute Gasteiger partial charge is 0.493 e. The average Bonchev–Trinajstić information content (AvgIpc) is 2.76. The van der Waals surface area contributed by atoms with Gasteiger partial charge in [-0.2, -0.15) is 13.2 Å². The minimum atomic E-state index is -4.97. The van der Waals surface area contributed by atoms with Gasteiger partial charge in [-0.25, -0.2) is 13.1 Å². The van der Waals surface area contributed by atoms with E-state index < -0.39 is 22.1 Å². The number of nitrogens with one attached hydrogen (secondary N) is 1. The molecule has 1 aliphatic heterocycles. The van der Waals surface area contributed by atoms with E-state index in [1.54, 1.807) is 24.3 Å². The van der Waals surface area contributed by atoms with Crippen LogP contribution in [0.25, 0.3) is 0 Å². The van der Waals surface area contributed by atoms with Crippen molar-refractivity contribution >= 4 is 15.9 Å². The van der Waals surface area contributed by atoms with E-state index in [4.69, 9.17) is 9.47 Å². The number of carbonyl (C=O) groups is 1. The predicted molar refractivity (Wildman–Crippen MR) is 110 cm³/mol. The first-order valence-electron chi connectivity index (χ1n) is 9.74. The van der Waals surface area contributed by atoms with E-state index in [-0.39, 0.29) is 31.0 Å². The van der Waals surface area contributed by atoms with E-state index in [9.17, 15) is 26.4 Å². The summed E-state index contributed by atoms with van der Waals surface area (Å²) in [6, 6.07) is 9.59. The fourth-order valence-electron chi connectivity index (χ4n) is 3.61. The molecule has 0 saturated heterocycles. The van der Waals surface area contributed by atoms with Crippen LogP contribution in [-0.2, 0) is 34.2 Å². The van der Waals surface area contributed by atoms with Crippen LogP contribution in [0.15, 0.2) is 41.3 Å². The van der Waals surface area contributed by atoms with Gasteiger partial charge in [-0.3, -0.25) is 4.79 Å². The third-order valence-corrected chi connectivity index (χ3v) is 6.66. The van der Waals surface area contributed by atoms with Gasteiger partial charge in [0.05, 0.1) is 19.1 Å². The summed E-state index contributed by atoms with van der Waals surface area (Å²) >= 11 is 0. The van der Waals surface area contributed by atoms with Gasteiger partial charge in [-0.1, -0.05) is 18.2 Å². The molecule has 0 aromatic heterocycles. The number of rotatable bonds is 7. The van der Waals surface area contributed by atoms with Crippen molar-refractivity contribution in [2.24, 2.45) is 0 Å². The van der Waals surface area contributed by atoms with E-state index in [0.717, 1.165) is 11.1 Å². The summed E-state index contributed by atoms with van der Waals surface area (Å²) in [5.74, 6) is -0.889. The van der Waals surface area contributed by atoms with Gasteiger partial charge in [-0.05, 0) is 47.7 Å². The minimum Gasteiger partial charge on any atom is -0.493 e. The van der Waals surface area contributed by atoms with E-state index in [1.807, 2.05) is 0 Å². The van der Waals surface area contributed by atoms with Crippen LogP contribution in [-0.4, -0.2) is 52.7 Å². The summed E-state index contributed by atoms with van der Waals surface area (Å²) in [5, 5.41) is 0. The first kappa shape index (κ1) is 23.9. The summed E-state index contributed by atoms with van der Waals surface area (Å²) < 4.78 is 76.8. The Morgan fingerprint density at radius 3 is 2.53 bits per heavy atom. The van der Waals surface area contributed by atoms with Crippen molar-refractivity contribution in [3.8, 4) is 11.5 Å². The van der Waals surface area contributed by atoms with Gasteiger partial charge in [0.15, 0.2) is 11.5 Å². The zero-order valence-corrected chi connectivity index (χ0v) is 18.3. The lowest BCUT2D eigenvalue weighted by Gasteiger charge is -2.29. The second kappa shape index (κ2) is 9.37. The van der Waals surface area contributed by atoms with E-state index in [2.05, 4.69) is 4.72 Å². The Bertz CT molecular complexity index is 1100. The highest BCUT2D eigenvalue weighted by Gasteiger charge is 2.43.